The molecule has 0 unspecified atom stereocenters. The monoisotopic (exact) mass is 502 g/mol. The molecule has 7 rings (SSSR count). The van der Waals surface area contributed by atoms with E-state index in [4.69, 9.17) is 15.0 Å². The zero-order valence-corrected chi connectivity index (χ0v) is 20.9. The average molecular weight is 503 g/mol. The lowest BCUT2D eigenvalue weighted by molar-refractivity contribution is 1.07. The topological polar surface area (TPSA) is 69.4 Å². The van der Waals surface area contributed by atoms with E-state index in [0.717, 1.165) is 39.0 Å². The number of para-hydroxylation sites is 1. The van der Waals surface area contributed by atoms with Gasteiger partial charge in [-0.25, -0.2) is 15.0 Å². The van der Waals surface area contributed by atoms with Gasteiger partial charge >= 0.3 is 0 Å². The van der Waals surface area contributed by atoms with Crippen LogP contribution in [0.25, 0.3) is 61.9 Å². The molecule has 184 valence electrons. The van der Waals surface area contributed by atoms with Gasteiger partial charge in [0, 0.05) is 64.3 Å². The molecule has 0 saturated carbocycles. The number of rotatable bonds is 5. The zero-order chi connectivity index (χ0) is 26.0. The summed E-state index contributed by atoms with van der Waals surface area (Å²) >= 11 is 0. The molecule has 0 atom stereocenters. The van der Waals surface area contributed by atoms with Crippen molar-refractivity contribution in [1.82, 2.24) is 29.5 Å². The van der Waals surface area contributed by atoms with Crippen LogP contribution in [0.3, 0.4) is 0 Å². The highest BCUT2D eigenvalue weighted by molar-refractivity contribution is 5.97. The lowest BCUT2D eigenvalue weighted by atomic mass is 10.0. The van der Waals surface area contributed by atoms with Crippen molar-refractivity contribution in [3.63, 3.8) is 0 Å². The zero-order valence-electron chi connectivity index (χ0n) is 20.9. The summed E-state index contributed by atoms with van der Waals surface area (Å²) in [5.41, 5.74) is 7.17. The fourth-order valence-corrected chi connectivity index (χ4v) is 4.81. The SMILES string of the molecule is c1ccc(-c2nc(-c3ccncc3)nc(-c3cccc(-c4cn(-c5ccncc5)c5ccccc45)c3)n2)cc1. The minimum Gasteiger partial charge on any atom is -0.316 e. The van der Waals surface area contributed by atoms with E-state index < -0.39 is 0 Å². The van der Waals surface area contributed by atoms with Gasteiger partial charge in [0.1, 0.15) is 0 Å². The third kappa shape index (κ3) is 4.34. The molecule has 6 heteroatoms. The molecule has 0 aliphatic rings. The van der Waals surface area contributed by atoms with Gasteiger partial charge in [-0.1, -0.05) is 66.7 Å². The highest BCUT2D eigenvalue weighted by Crippen LogP contribution is 2.34. The van der Waals surface area contributed by atoms with E-state index in [1.807, 2.05) is 73.1 Å². The summed E-state index contributed by atoms with van der Waals surface area (Å²) in [4.78, 5) is 22.9. The van der Waals surface area contributed by atoms with E-state index in [0.29, 0.717) is 17.5 Å². The number of hydrogen-bond donors (Lipinski definition) is 0. The molecule has 0 amide bonds. The van der Waals surface area contributed by atoms with E-state index in [2.05, 4.69) is 63.2 Å². The summed E-state index contributed by atoms with van der Waals surface area (Å²) in [7, 11) is 0. The second-order valence-electron chi connectivity index (χ2n) is 9.12. The van der Waals surface area contributed by atoms with Gasteiger partial charge in [0.25, 0.3) is 0 Å². The van der Waals surface area contributed by atoms with Crippen LogP contribution < -0.4 is 0 Å². The Balaban J connectivity index is 1.39. The van der Waals surface area contributed by atoms with Crippen molar-refractivity contribution in [2.45, 2.75) is 0 Å². The van der Waals surface area contributed by atoms with Crippen molar-refractivity contribution in [1.29, 1.82) is 0 Å². The third-order valence-electron chi connectivity index (χ3n) is 6.69. The summed E-state index contributed by atoms with van der Waals surface area (Å²) in [6.45, 7) is 0. The molecule has 0 spiro atoms. The molecular formula is C33H22N6. The van der Waals surface area contributed by atoms with Crippen LogP contribution in [-0.4, -0.2) is 29.5 Å². The van der Waals surface area contributed by atoms with Gasteiger partial charge in [0.2, 0.25) is 0 Å². The van der Waals surface area contributed by atoms with Gasteiger partial charge in [0.15, 0.2) is 17.5 Å². The number of fused-ring (bicyclic) bond motifs is 1. The standard InChI is InChI=1S/C33H22N6/c1-2-7-23(8-3-1)31-36-32(24-13-17-34-18-14-24)38-33(37-31)26-10-6-9-25(21-26)29-22-39(27-15-19-35-20-16-27)30-12-5-4-11-28(29)30/h1-22H. The molecule has 0 radical (unpaired) electrons. The first-order valence-electron chi connectivity index (χ1n) is 12.7. The average Bonchev–Trinajstić information content (AvgIpc) is 3.42. The maximum absolute atomic E-state index is 4.90. The first-order valence-corrected chi connectivity index (χ1v) is 12.7. The van der Waals surface area contributed by atoms with E-state index in [9.17, 15) is 0 Å². The lowest BCUT2D eigenvalue weighted by Gasteiger charge is -2.09. The Morgan fingerprint density at radius 1 is 0.462 bits per heavy atom. The summed E-state index contributed by atoms with van der Waals surface area (Å²) in [5, 5.41) is 1.17. The van der Waals surface area contributed by atoms with E-state index >= 15 is 0 Å². The summed E-state index contributed by atoms with van der Waals surface area (Å²) in [6, 6.07) is 34.7. The number of hydrogen-bond acceptors (Lipinski definition) is 5. The molecule has 7 aromatic rings. The first-order chi connectivity index (χ1) is 19.3. The van der Waals surface area contributed by atoms with Crippen LogP contribution in [0.15, 0.2) is 134 Å². The normalized spacial score (nSPS) is 11.1. The Hall–Kier alpha value is -5.49. The van der Waals surface area contributed by atoms with Crippen LogP contribution in [0.5, 0.6) is 0 Å². The Morgan fingerprint density at radius 2 is 1.03 bits per heavy atom. The Morgan fingerprint density at radius 3 is 1.77 bits per heavy atom. The largest absolute Gasteiger partial charge is 0.316 e. The molecular weight excluding hydrogens is 480 g/mol. The highest BCUT2D eigenvalue weighted by Gasteiger charge is 2.15. The number of pyridine rings is 2. The van der Waals surface area contributed by atoms with Gasteiger partial charge in [-0.3, -0.25) is 9.97 Å². The van der Waals surface area contributed by atoms with E-state index in [-0.39, 0.29) is 0 Å². The van der Waals surface area contributed by atoms with Gasteiger partial charge in [-0.2, -0.15) is 0 Å². The smallest absolute Gasteiger partial charge is 0.164 e. The molecule has 4 aromatic heterocycles. The van der Waals surface area contributed by atoms with Gasteiger partial charge in [0.05, 0.1) is 5.52 Å². The predicted molar refractivity (Wildman–Crippen MR) is 154 cm³/mol. The number of benzene rings is 3. The first kappa shape index (κ1) is 22.7. The third-order valence-corrected chi connectivity index (χ3v) is 6.69. The van der Waals surface area contributed by atoms with Crippen LogP contribution >= 0.6 is 0 Å². The number of aromatic nitrogens is 6. The minimum absolute atomic E-state index is 0.612. The van der Waals surface area contributed by atoms with Crippen molar-refractivity contribution >= 4 is 10.9 Å². The van der Waals surface area contributed by atoms with Crippen LogP contribution in [-0.2, 0) is 0 Å². The van der Waals surface area contributed by atoms with Crippen LogP contribution in [0.1, 0.15) is 0 Å². The second kappa shape index (κ2) is 9.76. The van der Waals surface area contributed by atoms with E-state index in [1.54, 1.807) is 12.4 Å². The molecule has 4 heterocycles. The van der Waals surface area contributed by atoms with Crippen LogP contribution in [0.2, 0.25) is 0 Å². The van der Waals surface area contributed by atoms with Gasteiger partial charge in [-0.15, -0.1) is 0 Å². The summed E-state index contributed by atoms with van der Waals surface area (Å²) in [5.74, 6) is 1.86. The lowest BCUT2D eigenvalue weighted by Crippen LogP contribution is -2.00. The van der Waals surface area contributed by atoms with Crippen LogP contribution in [0.4, 0.5) is 0 Å². The minimum atomic E-state index is 0.612. The van der Waals surface area contributed by atoms with Crippen molar-refractivity contribution < 1.29 is 0 Å². The highest BCUT2D eigenvalue weighted by atomic mass is 15.0. The fraction of sp³-hybridized carbons (Fsp3) is 0. The van der Waals surface area contributed by atoms with Crippen molar-refractivity contribution in [3.8, 4) is 51.0 Å². The molecule has 0 saturated heterocycles. The predicted octanol–water partition coefficient (Wildman–Crippen LogP) is 7.27. The maximum atomic E-state index is 4.90. The molecule has 39 heavy (non-hydrogen) atoms. The van der Waals surface area contributed by atoms with Crippen molar-refractivity contribution in [2.75, 3.05) is 0 Å². The Kier molecular flexibility index (Phi) is 5.68. The summed E-state index contributed by atoms with van der Waals surface area (Å²) < 4.78 is 2.21. The molecule has 3 aromatic carbocycles. The Labute approximate surface area is 225 Å². The maximum Gasteiger partial charge on any atom is 0.164 e. The quantitative estimate of drug-likeness (QED) is 0.247. The molecule has 0 aliphatic heterocycles. The van der Waals surface area contributed by atoms with E-state index in [1.165, 1.54) is 5.39 Å². The van der Waals surface area contributed by atoms with Crippen molar-refractivity contribution in [2.24, 2.45) is 0 Å². The number of nitrogens with zero attached hydrogens (tertiary/aromatic N) is 6. The molecule has 0 N–H and O–H groups in total. The summed E-state index contributed by atoms with van der Waals surface area (Å²) in [6.07, 6.45) is 9.32. The van der Waals surface area contributed by atoms with Crippen molar-refractivity contribution in [3.05, 3.63) is 134 Å². The molecule has 0 bridgehead atoms. The van der Waals surface area contributed by atoms with Gasteiger partial charge in [-0.05, 0) is 42.0 Å². The Bertz CT molecular complexity index is 1840. The second-order valence-corrected chi connectivity index (χ2v) is 9.12. The molecule has 0 fully saturated rings. The van der Waals surface area contributed by atoms with Crippen LogP contribution in [0, 0.1) is 0 Å². The fourth-order valence-electron chi connectivity index (χ4n) is 4.81. The van der Waals surface area contributed by atoms with Gasteiger partial charge < -0.3 is 4.57 Å². The molecule has 6 nitrogen and oxygen atoms in total. The molecule has 0 aliphatic carbocycles.